The first-order valence-corrected chi connectivity index (χ1v) is 19.4. The summed E-state index contributed by atoms with van der Waals surface area (Å²) in [7, 11) is 0. The molecule has 0 aliphatic heterocycles. The van der Waals surface area contributed by atoms with Crippen LogP contribution >= 0.6 is 0 Å². The smallest absolute Gasteiger partial charge is 0.238 e. The van der Waals surface area contributed by atoms with Gasteiger partial charge in [0.2, 0.25) is 5.95 Å². The standard InChI is InChI=1S/C52H33N5/c1-3-14-34(15-4-1)50-53-51(35-16-5-2-6-17-35)55-52(54-50)57-47-25-12-10-21-42(47)44-31-30-43-41-20-9-11-24-46(41)56(48(43)49(44)57)37-28-26-33(27-29-37)38-22-13-23-40-39-19-8-7-18-36(39)32-45(38)40/h1-31H,32H2. The van der Waals surface area contributed by atoms with Crippen molar-refractivity contribution in [3.05, 3.63) is 199 Å². The number of aromatic nitrogens is 5. The van der Waals surface area contributed by atoms with Crippen molar-refractivity contribution in [3.8, 4) is 56.7 Å². The molecule has 0 N–H and O–H groups in total. The zero-order valence-electron chi connectivity index (χ0n) is 30.8. The van der Waals surface area contributed by atoms with Gasteiger partial charge in [0.15, 0.2) is 11.6 Å². The molecule has 11 aromatic rings. The molecular weight excluding hydrogens is 695 g/mol. The third-order valence-electron chi connectivity index (χ3n) is 11.6. The van der Waals surface area contributed by atoms with Gasteiger partial charge in [-0.2, -0.15) is 9.97 Å². The van der Waals surface area contributed by atoms with Crippen molar-refractivity contribution in [2.45, 2.75) is 6.42 Å². The number of para-hydroxylation sites is 2. The van der Waals surface area contributed by atoms with Gasteiger partial charge in [0, 0.05) is 38.4 Å². The van der Waals surface area contributed by atoms with E-state index < -0.39 is 0 Å². The van der Waals surface area contributed by atoms with Gasteiger partial charge in [-0.15, -0.1) is 0 Å². The van der Waals surface area contributed by atoms with Crippen molar-refractivity contribution in [2.75, 3.05) is 0 Å². The molecule has 0 radical (unpaired) electrons. The zero-order chi connectivity index (χ0) is 37.5. The average molecular weight is 728 g/mol. The lowest BCUT2D eigenvalue weighted by Crippen LogP contribution is -2.07. The van der Waals surface area contributed by atoms with Crippen LogP contribution in [0.4, 0.5) is 0 Å². The summed E-state index contributed by atoms with van der Waals surface area (Å²) in [6, 6.07) is 66.9. The topological polar surface area (TPSA) is 48.5 Å². The van der Waals surface area contributed by atoms with Crippen LogP contribution in [0.3, 0.4) is 0 Å². The number of hydrogen-bond donors (Lipinski definition) is 0. The van der Waals surface area contributed by atoms with E-state index in [2.05, 4.69) is 161 Å². The van der Waals surface area contributed by atoms with Gasteiger partial charge in [0.25, 0.3) is 0 Å². The highest BCUT2D eigenvalue weighted by Gasteiger charge is 2.24. The lowest BCUT2D eigenvalue weighted by molar-refractivity contribution is 0.953. The molecule has 266 valence electrons. The predicted octanol–water partition coefficient (Wildman–Crippen LogP) is 12.6. The normalized spacial score (nSPS) is 12.1. The highest BCUT2D eigenvalue weighted by Crippen LogP contribution is 2.44. The van der Waals surface area contributed by atoms with Crippen LogP contribution in [-0.4, -0.2) is 24.1 Å². The van der Waals surface area contributed by atoms with E-state index in [-0.39, 0.29) is 0 Å². The molecule has 0 bridgehead atoms. The number of nitrogens with zero attached hydrogens (tertiary/aromatic N) is 5. The number of benzene rings is 8. The Morgan fingerprint density at radius 3 is 1.54 bits per heavy atom. The molecule has 5 nitrogen and oxygen atoms in total. The Morgan fingerprint density at radius 2 is 0.877 bits per heavy atom. The molecule has 3 heterocycles. The minimum absolute atomic E-state index is 0.576. The molecule has 0 amide bonds. The summed E-state index contributed by atoms with van der Waals surface area (Å²) in [6.45, 7) is 0. The Morgan fingerprint density at radius 1 is 0.351 bits per heavy atom. The van der Waals surface area contributed by atoms with Crippen molar-refractivity contribution in [1.29, 1.82) is 0 Å². The van der Waals surface area contributed by atoms with Crippen molar-refractivity contribution in [2.24, 2.45) is 0 Å². The molecule has 0 spiro atoms. The Kier molecular flexibility index (Phi) is 6.92. The summed E-state index contributed by atoms with van der Waals surface area (Å²) in [4.78, 5) is 15.5. The lowest BCUT2D eigenvalue weighted by atomic mass is 9.95. The molecule has 0 saturated carbocycles. The molecule has 0 atom stereocenters. The third kappa shape index (κ3) is 4.85. The first-order valence-electron chi connectivity index (χ1n) is 19.4. The van der Waals surface area contributed by atoms with Gasteiger partial charge < -0.3 is 4.57 Å². The average Bonchev–Trinajstić information content (AvgIpc) is 3.95. The third-order valence-corrected chi connectivity index (χ3v) is 11.6. The summed E-state index contributed by atoms with van der Waals surface area (Å²) in [6.07, 6.45) is 0.952. The Labute approximate surface area is 328 Å². The molecule has 0 fully saturated rings. The van der Waals surface area contributed by atoms with Crippen molar-refractivity contribution >= 4 is 43.6 Å². The minimum Gasteiger partial charge on any atom is -0.307 e. The van der Waals surface area contributed by atoms with Crippen LogP contribution in [0.15, 0.2) is 188 Å². The van der Waals surface area contributed by atoms with Crippen molar-refractivity contribution in [1.82, 2.24) is 24.1 Å². The number of fused-ring (bicyclic) bond motifs is 10. The van der Waals surface area contributed by atoms with Crippen LogP contribution in [0.25, 0.3) is 100 Å². The highest BCUT2D eigenvalue weighted by molar-refractivity contribution is 6.23. The van der Waals surface area contributed by atoms with E-state index in [4.69, 9.17) is 15.0 Å². The van der Waals surface area contributed by atoms with E-state index in [9.17, 15) is 0 Å². The van der Waals surface area contributed by atoms with E-state index in [1.165, 1.54) is 44.2 Å². The molecule has 0 unspecified atom stereocenters. The van der Waals surface area contributed by atoms with Crippen molar-refractivity contribution in [3.63, 3.8) is 0 Å². The Bertz CT molecular complexity index is 3300. The molecule has 1 aliphatic carbocycles. The van der Waals surface area contributed by atoms with Crippen LogP contribution in [0.1, 0.15) is 11.1 Å². The SMILES string of the molecule is c1ccc(-c2nc(-c3ccccc3)nc(-n3c4ccccc4c4ccc5c6ccccc6n(-c6ccc(-c7cccc8c7Cc7ccccc7-8)cc6)c5c43)n2)cc1. The maximum absolute atomic E-state index is 5.26. The molecular formula is C52H33N5. The first-order chi connectivity index (χ1) is 28.3. The Hall–Kier alpha value is -7.63. The number of hydrogen-bond acceptors (Lipinski definition) is 3. The first kappa shape index (κ1) is 31.7. The van der Waals surface area contributed by atoms with Crippen molar-refractivity contribution < 1.29 is 0 Å². The predicted molar refractivity (Wildman–Crippen MR) is 233 cm³/mol. The summed E-state index contributed by atoms with van der Waals surface area (Å²) in [5, 5.41) is 4.65. The van der Waals surface area contributed by atoms with E-state index in [0.29, 0.717) is 17.6 Å². The fourth-order valence-corrected chi connectivity index (χ4v) is 9.09. The van der Waals surface area contributed by atoms with Gasteiger partial charge in [0.1, 0.15) is 0 Å². The molecule has 0 saturated heterocycles. The molecule has 3 aromatic heterocycles. The maximum atomic E-state index is 5.26. The van der Waals surface area contributed by atoms with E-state index in [1.54, 1.807) is 0 Å². The fourth-order valence-electron chi connectivity index (χ4n) is 9.09. The van der Waals surface area contributed by atoms with Gasteiger partial charge >= 0.3 is 0 Å². The monoisotopic (exact) mass is 727 g/mol. The second-order valence-electron chi connectivity index (χ2n) is 14.8. The Balaban J connectivity index is 1.12. The summed E-state index contributed by atoms with van der Waals surface area (Å²) in [5.41, 5.74) is 15.3. The van der Waals surface area contributed by atoms with Crippen LogP contribution in [0, 0.1) is 0 Å². The van der Waals surface area contributed by atoms with Gasteiger partial charge in [-0.3, -0.25) is 4.57 Å². The largest absolute Gasteiger partial charge is 0.307 e. The van der Waals surface area contributed by atoms with Gasteiger partial charge in [-0.25, -0.2) is 4.98 Å². The number of rotatable bonds is 5. The second kappa shape index (κ2) is 12.4. The maximum Gasteiger partial charge on any atom is 0.238 e. The van der Waals surface area contributed by atoms with Gasteiger partial charge in [-0.05, 0) is 64.1 Å². The van der Waals surface area contributed by atoms with Crippen LogP contribution in [0.5, 0.6) is 0 Å². The molecule has 1 aliphatic rings. The highest BCUT2D eigenvalue weighted by atomic mass is 15.2. The molecule has 12 rings (SSSR count). The lowest BCUT2D eigenvalue weighted by Gasteiger charge is -2.14. The van der Waals surface area contributed by atoms with Crippen LogP contribution in [-0.2, 0) is 6.42 Å². The molecule has 8 aromatic carbocycles. The molecule has 57 heavy (non-hydrogen) atoms. The minimum atomic E-state index is 0.576. The molecule has 5 heteroatoms. The van der Waals surface area contributed by atoms with Crippen LogP contribution in [0.2, 0.25) is 0 Å². The quantitative estimate of drug-likeness (QED) is 0.177. The van der Waals surface area contributed by atoms with E-state index >= 15 is 0 Å². The van der Waals surface area contributed by atoms with Gasteiger partial charge in [0.05, 0.1) is 22.1 Å². The van der Waals surface area contributed by atoms with E-state index in [0.717, 1.165) is 56.1 Å². The zero-order valence-corrected chi connectivity index (χ0v) is 30.8. The van der Waals surface area contributed by atoms with Gasteiger partial charge in [-0.1, -0.05) is 164 Å². The summed E-state index contributed by atoms with van der Waals surface area (Å²) < 4.78 is 4.68. The fraction of sp³-hybridized carbons (Fsp3) is 0.0192. The van der Waals surface area contributed by atoms with E-state index in [1.807, 2.05) is 36.4 Å². The van der Waals surface area contributed by atoms with Crippen LogP contribution < -0.4 is 0 Å². The second-order valence-corrected chi connectivity index (χ2v) is 14.8. The summed E-state index contributed by atoms with van der Waals surface area (Å²) in [5.74, 6) is 1.83. The summed E-state index contributed by atoms with van der Waals surface area (Å²) >= 11 is 0.